The Labute approximate surface area is 76.8 Å². The zero-order chi connectivity index (χ0) is 8.67. The number of ether oxygens (including phenoxy) is 2. The van der Waals surface area contributed by atoms with E-state index in [1.807, 2.05) is 6.07 Å². The van der Waals surface area contributed by atoms with Gasteiger partial charge in [-0.15, -0.1) is 0 Å². The molecule has 0 unspecified atom stereocenters. The van der Waals surface area contributed by atoms with E-state index < -0.39 is 0 Å². The second-order valence-corrected chi connectivity index (χ2v) is 3.26. The van der Waals surface area contributed by atoms with Crippen molar-refractivity contribution in [2.45, 2.75) is 6.42 Å². The molecule has 2 heteroatoms. The average Bonchev–Trinajstić information content (AvgIpc) is 2.65. The standard InChI is InChI=1S/C11H10O2/c1-2-8-4-5-10-11(9(8)3-1)13-7-6-12-10/h1-2,4-5H,3,6-7H2. The summed E-state index contributed by atoms with van der Waals surface area (Å²) in [5, 5.41) is 0. The Morgan fingerprint density at radius 2 is 2.00 bits per heavy atom. The van der Waals surface area contributed by atoms with Crippen molar-refractivity contribution >= 4 is 6.08 Å². The van der Waals surface area contributed by atoms with Gasteiger partial charge in [-0.2, -0.15) is 0 Å². The molecule has 1 aliphatic carbocycles. The number of rotatable bonds is 0. The normalized spacial score (nSPS) is 17.2. The van der Waals surface area contributed by atoms with Crippen molar-refractivity contribution in [2.24, 2.45) is 0 Å². The maximum atomic E-state index is 5.60. The third-order valence-electron chi connectivity index (χ3n) is 2.47. The fourth-order valence-electron chi connectivity index (χ4n) is 1.86. The molecule has 0 aromatic heterocycles. The predicted octanol–water partition coefficient (Wildman–Crippen LogP) is 2.03. The molecule has 0 atom stereocenters. The van der Waals surface area contributed by atoms with Crippen molar-refractivity contribution in [1.82, 2.24) is 0 Å². The van der Waals surface area contributed by atoms with Gasteiger partial charge in [0.15, 0.2) is 11.5 Å². The predicted molar refractivity (Wildman–Crippen MR) is 50.2 cm³/mol. The van der Waals surface area contributed by atoms with E-state index in [1.54, 1.807) is 0 Å². The summed E-state index contributed by atoms with van der Waals surface area (Å²) < 4.78 is 11.1. The summed E-state index contributed by atoms with van der Waals surface area (Å²) in [5.74, 6) is 1.85. The Kier molecular flexibility index (Phi) is 1.36. The molecule has 2 aliphatic rings. The van der Waals surface area contributed by atoms with E-state index in [0.717, 1.165) is 17.9 Å². The van der Waals surface area contributed by atoms with Gasteiger partial charge in [0.25, 0.3) is 0 Å². The second-order valence-electron chi connectivity index (χ2n) is 3.26. The van der Waals surface area contributed by atoms with Crippen LogP contribution in [0.3, 0.4) is 0 Å². The molecule has 1 aliphatic heterocycles. The van der Waals surface area contributed by atoms with Crippen LogP contribution in [0.4, 0.5) is 0 Å². The van der Waals surface area contributed by atoms with Gasteiger partial charge in [0.1, 0.15) is 13.2 Å². The van der Waals surface area contributed by atoms with Gasteiger partial charge in [0.2, 0.25) is 0 Å². The Bertz CT molecular complexity index is 380. The van der Waals surface area contributed by atoms with Crippen LogP contribution in [0.1, 0.15) is 11.1 Å². The Balaban J connectivity index is 2.19. The highest BCUT2D eigenvalue weighted by molar-refractivity contribution is 5.67. The van der Waals surface area contributed by atoms with Crippen molar-refractivity contribution in [3.8, 4) is 11.5 Å². The molecular weight excluding hydrogens is 164 g/mol. The first-order valence-electron chi connectivity index (χ1n) is 4.53. The van der Waals surface area contributed by atoms with Gasteiger partial charge in [-0.1, -0.05) is 18.2 Å². The summed E-state index contributed by atoms with van der Waals surface area (Å²) in [6.07, 6.45) is 5.26. The molecule has 0 N–H and O–H groups in total. The molecule has 1 heterocycles. The minimum Gasteiger partial charge on any atom is -0.486 e. The first-order valence-corrected chi connectivity index (χ1v) is 4.53. The van der Waals surface area contributed by atoms with Crippen molar-refractivity contribution in [2.75, 3.05) is 13.2 Å². The Hall–Kier alpha value is -1.44. The lowest BCUT2D eigenvalue weighted by Crippen LogP contribution is -2.16. The van der Waals surface area contributed by atoms with Crippen LogP contribution in [-0.2, 0) is 6.42 Å². The van der Waals surface area contributed by atoms with Gasteiger partial charge in [-0.05, 0) is 18.1 Å². The van der Waals surface area contributed by atoms with Crippen molar-refractivity contribution in [3.05, 3.63) is 29.3 Å². The smallest absolute Gasteiger partial charge is 0.165 e. The van der Waals surface area contributed by atoms with Crippen LogP contribution < -0.4 is 9.47 Å². The molecule has 0 bridgehead atoms. The summed E-state index contributed by atoms with van der Waals surface area (Å²) in [6, 6.07) is 4.08. The lowest BCUT2D eigenvalue weighted by molar-refractivity contribution is 0.170. The summed E-state index contributed by atoms with van der Waals surface area (Å²) in [4.78, 5) is 0. The van der Waals surface area contributed by atoms with Gasteiger partial charge >= 0.3 is 0 Å². The topological polar surface area (TPSA) is 18.5 Å². The van der Waals surface area contributed by atoms with Crippen LogP contribution in [-0.4, -0.2) is 13.2 Å². The number of benzene rings is 1. The van der Waals surface area contributed by atoms with Crippen molar-refractivity contribution < 1.29 is 9.47 Å². The van der Waals surface area contributed by atoms with Crippen molar-refractivity contribution in [3.63, 3.8) is 0 Å². The second kappa shape index (κ2) is 2.52. The fraction of sp³-hybridized carbons (Fsp3) is 0.273. The van der Waals surface area contributed by atoms with E-state index in [0.29, 0.717) is 13.2 Å². The Morgan fingerprint density at radius 3 is 3.00 bits per heavy atom. The maximum Gasteiger partial charge on any atom is 0.165 e. The van der Waals surface area contributed by atoms with E-state index in [-0.39, 0.29) is 0 Å². The zero-order valence-corrected chi connectivity index (χ0v) is 7.25. The number of hydrogen-bond acceptors (Lipinski definition) is 2. The third kappa shape index (κ3) is 0.949. The van der Waals surface area contributed by atoms with E-state index >= 15 is 0 Å². The first kappa shape index (κ1) is 7.01. The van der Waals surface area contributed by atoms with Gasteiger partial charge in [-0.25, -0.2) is 0 Å². The molecule has 0 amide bonds. The average molecular weight is 174 g/mol. The minimum absolute atomic E-state index is 0.666. The molecule has 0 saturated heterocycles. The SMILES string of the molecule is C1=Cc2ccc3c(c2C1)OCCO3. The lowest BCUT2D eigenvalue weighted by atomic mass is 10.1. The van der Waals surface area contributed by atoms with Crippen LogP contribution in [0.15, 0.2) is 18.2 Å². The summed E-state index contributed by atoms with van der Waals surface area (Å²) in [5.41, 5.74) is 2.54. The summed E-state index contributed by atoms with van der Waals surface area (Å²) in [7, 11) is 0. The van der Waals surface area contributed by atoms with Crippen molar-refractivity contribution in [1.29, 1.82) is 0 Å². The summed E-state index contributed by atoms with van der Waals surface area (Å²) in [6.45, 7) is 1.34. The molecule has 3 rings (SSSR count). The van der Waals surface area contributed by atoms with Gasteiger partial charge < -0.3 is 9.47 Å². The molecule has 0 spiro atoms. The van der Waals surface area contributed by atoms with Crippen LogP contribution >= 0.6 is 0 Å². The minimum atomic E-state index is 0.666. The highest BCUT2D eigenvalue weighted by Gasteiger charge is 2.19. The van der Waals surface area contributed by atoms with Crippen LogP contribution in [0, 0.1) is 0 Å². The van der Waals surface area contributed by atoms with Gasteiger partial charge in [-0.3, -0.25) is 0 Å². The van der Waals surface area contributed by atoms with Crippen LogP contribution in [0.25, 0.3) is 6.08 Å². The van der Waals surface area contributed by atoms with E-state index in [1.165, 1.54) is 11.1 Å². The van der Waals surface area contributed by atoms with Gasteiger partial charge in [0, 0.05) is 5.56 Å². The third-order valence-corrected chi connectivity index (χ3v) is 2.47. The largest absolute Gasteiger partial charge is 0.486 e. The molecular formula is C11H10O2. The van der Waals surface area contributed by atoms with E-state index in [4.69, 9.17) is 9.47 Å². The van der Waals surface area contributed by atoms with Gasteiger partial charge in [0.05, 0.1) is 0 Å². The zero-order valence-electron chi connectivity index (χ0n) is 7.25. The van der Waals surface area contributed by atoms with E-state index in [9.17, 15) is 0 Å². The maximum absolute atomic E-state index is 5.60. The highest BCUT2D eigenvalue weighted by atomic mass is 16.6. The number of fused-ring (bicyclic) bond motifs is 3. The first-order chi connectivity index (χ1) is 6.45. The highest BCUT2D eigenvalue weighted by Crippen LogP contribution is 2.38. The summed E-state index contributed by atoms with van der Waals surface area (Å²) >= 11 is 0. The molecule has 1 aromatic rings. The number of allylic oxidation sites excluding steroid dienone is 1. The molecule has 66 valence electrons. The van der Waals surface area contributed by atoms with Crippen LogP contribution in [0.5, 0.6) is 11.5 Å². The lowest BCUT2D eigenvalue weighted by Gasteiger charge is -2.20. The molecule has 1 aromatic carbocycles. The number of hydrogen-bond donors (Lipinski definition) is 0. The molecule has 13 heavy (non-hydrogen) atoms. The molecule has 2 nitrogen and oxygen atoms in total. The Morgan fingerprint density at radius 1 is 1.08 bits per heavy atom. The molecule has 0 saturated carbocycles. The monoisotopic (exact) mass is 174 g/mol. The molecule has 0 radical (unpaired) electrons. The quantitative estimate of drug-likeness (QED) is 0.599. The fourth-order valence-corrected chi connectivity index (χ4v) is 1.86. The van der Waals surface area contributed by atoms with E-state index in [2.05, 4.69) is 18.2 Å². The van der Waals surface area contributed by atoms with Crippen LogP contribution in [0.2, 0.25) is 0 Å². The molecule has 0 fully saturated rings.